The van der Waals surface area contributed by atoms with E-state index in [4.69, 9.17) is 0 Å². The SMILES string of the molecule is CCCNC(=O)C(C)NC(=O)c1ccc(F)nc1. The number of nitrogens with zero attached hydrogens (tertiary/aromatic N) is 1. The first-order chi connectivity index (χ1) is 8.54. The summed E-state index contributed by atoms with van der Waals surface area (Å²) in [5.41, 5.74) is 0.214. The lowest BCUT2D eigenvalue weighted by Gasteiger charge is -2.13. The smallest absolute Gasteiger partial charge is 0.253 e. The number of pyridine rings is 1. The van der Waals surface area contributed by atoms with Gasteiger partial charge >= 0.3 is 0 Å². The third kappa shape index (κ3) is 4.12. The Bertz CT molecular complexity index is 420. The van der Waals surface area contributed by atoms with E-state index < -0.39 is 17.9 Å². The minimum Gasteiger partial charge on any atom is -0.354 e. The predicted molar refractivity (Wildman–Crippen MR) is 64.4 cm³/mol. The van der Waals surface area contributed by atoms with Crippen molar-refractivity contribution in [3.05, 3.63) is 29.8 Å². The molecule has 98 valence electrons. The highest BCUT2D eigenvalue weighted by atomic mass is 19.1. The van der Waals surface area contributed by atoms with Crippen LogP contribution in [0.2, 0.25) is 0 Å². The monoisotopic (exact) mass is 253 g/mol. The van der Waals surface area contributed by atoms with Crippen LogP contribution < -0.4 is 10.6 Å². The van der Waals surface area contributed by atoms with E-state index in [0.717, 1.165) is 18.7 Å². The molecule has 0 bridgehead atoms. The molecule has 0 fully saturated rings. The van der Waals surface area contributed by atoms with Crippen molar-refractivity contribution < 1.29 is 14.0 Å². The van der Waals surface area contributed by atoms with Crippen molar-refractivity contribution in [1.29, 1.82) is 0 Å². The second-order valence-electron chi connectivity index (χ2n) is 3.86. The number of rotatable bonds is 5. The minimum atomic E-state index is -0.653. The number of amides is 2. The summed E-state index contributed by atoms with van der Waals surface area (Å²) in [6, 6.07) is 1.76. The van der Waals surface area contributed by atoms with E-state index in [-0.39, 0.29) is 11.5 Å². The van der Waals surface area contributed by atoms with Gasteiger partial charge in [0, 0.05) is 12.7 Å². The lowest BCUT2D eigenvalue weighted by molar-refractivity contribution is -0.122. The summed E-state index contributed by atoms with van der Waals surface area (Å²) in [5.74, 6) is -1.36. The Morgan fingerprint density at radius 2 is 2.17 bits per heavy atom. The molecule has 2 amide bonds. The highest BCUT2D eigenvalue weighted by Crippen LogP contribution is 1.99. The average Bonchev–Trinajstić information content (AvgIpc) is 2.36. The zero-order valence-electron chi connectivity index (χ0n) is 10.4. The molecule has 0 aromatic carbocycles. The van der Waals surface area contributed by atoms with Crippen LogP contribution >= 0.6 is 0 Å². The quantitative estimate of drug-likeness (QED) is 0.765. The van der Waals surface area contributed by atoms with E-state index in [0.29, 0.717) is 6.54 Å². The predicted octanol–water partition coefficient (Wildman–Crippen LogP) is 0.865. The first-order valence-electron chi connectivity index (χ1n) is 5.74. The van der Waals surface area contributed by atoms with Gasteiger partial charge in [0.1, 0.15) is 6.04 Å². The Kier molecular flexibility index (Phi) is 5.23. The van der Waals surface area contributed by atoms with Crippen LogP contribution in [0.5, 0.6) is 0 Å². The van der Waals surface area contributed by atoms with E-state index in [1.165, 1.54) is 6.07 Å². The molecule has 1 aromatic rings. The van der Waals surface area contributed by atoms with Crippen molar-refractivity contribution in [2.24, 2.45) is 0 Å². The van der Waals surface area contributed by atoms with Crippen molar-refractivity contribution in [2.45, 2.75) is 26.3 Å². The molecule has 5 nitrogen and oxygen atoms in total. The Hall–Kier alpha value is -1.98. The van der Waals surface area contributed by atoms with Gasteiger partial charge in [0.25, 0.3) is 5.91 Å². The molecule has 6 heteroatoms. The highest BCUT2D eigenvalue weighted by molar-refractivity contribution is 5.97. The third-order valence-corrected chi connectivity index (χ3v) is 2.28. The molecule has 0 radical (unpaired) electrons. The Morgan fingerprint density at radius 3 is 2.72 bits per heavy atom. The third-order valence-electron chi connectivity index (χ3n) is 2.28. The molecule has 0 saturated carbocycles. The van der Waals surface area contributed by atoms with Crippen LogP contribution in [0.25, 0.3) is 0 Å². The van der Waals surface area contributed by atoms with Crippen LogP contribution in [0, 0.1) is 5.95 Å². The van der Waals surface area contributed by atoms with Crippen LogP contribution in [0.4, 0.5) is 4.39 Å². The molecule has 0 aliphatic rings. The fourth-order valence-corrected chi connectivity index (χ4v) is 1.26. The largest absolute Gasteiger partial charge is 0.354 e. The Balaban J connectivity index is 2.53. The van der Waals surface area contributed by atoms with Crippen molar-refractivity contribution in [3.8, 4) is 0 Å². The summed E-state index contributed by atoms with van der Waals surface area (Å²) in [5, 5.41) is 5.18. The molecule has 0 aliphatic heterocycles. The topological polar surface area (TPSA) is 71.1 Å². The molecule has 1 rings (SSSR count). The van der Waals surface area contributed by atoms with Gasteiger partial charge in [-0.15, -0.1) is 0 Å². The maximum Gasteiger partial charge on any atom is 0.253 e. The van der Waals surface area contributed by atoms with E-state index >= 15 is 0 Å². The maximum absolute atomic E-state index is 12.6. The van der Waals surface area contributed by atoms with Gasteiger partial charge in [0.15, 0.2) is 0 Å². The van der Waals surface area contributed by atoms with Crippen LogP contribution in [-0.4, -0.2) is 29.4 Å². The van der Waals surface area contributed by atoms with E-state index in [1.807, 2.05) is 6.92 Å². The molecule has 0 saturated heterocycles. The van der Waals surface area contributed by atoms with Gasteiger partial charge in [-0.3, -0.25) is 9.59 Å². The normalized spacial score (nSPS) is 11.7. The summed E-state index contributed by atoms with van der Waals surface area (Å²) in [6.45, 7) is 4.09. The van der Waals surface area contributed by atoms with E-state index in [1.54, 1.807) is 6.92 Å². The molecular formula is C12H16FN3O2. The van der Waals surface area contributed by atoms with Crippen LogP contribution in [0.3, 0.4) is 0 Å². The number of aromatic nitrogens is 1. The van der Waals surface area contributed by atoms with Crippen molar-refractivity contribution >= 4 is 11.8 Å². The fourth-order valence-electron chi connectivity index (χ4n) is 1.26. The second kappa shape index (κ2) is 6.68. The van der Waals surface area contributed by atoms with Gasteiger partial charge < -0.3 is 10.6 Å². The van der Waals surface area contributed by atoms with Gasteiger partial charge in [-0.2, -0.15) is 4.39 Å². The summed E-state index contributed by atoms with van der Waals surface area (Å²) >= 11 is 0. The standard InChI is InChI=1S/C12H16FN3O2/c1-3-6-14-11(17)8(2)16-12(18)9-4-5-10(13)15-7-9/h4-5,7-8H,3,6H2,1-2H3,(H,14,17)(H,16,18). The number of nitrogens with one attached hydrogen (secondary N) is 2. The van der Waals surface area contributed by atoms with E-state index in [2.05, 4.69) is 15.6 Å². The second-order valence-corrected chi connectivity index (χ2v) is 3.86. The molecule has 1 unspecified atom stereocenters. The van der Waals surface area contributed by atoms with Gasteiger partial charge in [-0.1, -0.05) is 6.92 Å². The van der Waals surface area contributed by atoms with Gasteiger partial charge in [0.05, 0.1) is 5.56 Å². The van der Waals surface area contributed by atoms with Crippen molar-refractivity contribution in [3.63, 3.8) is 0 Å². The summed E-state index contributed by atoms with van der Waals surface area (Å²) in [6.07, 6.45) is 1.95. The van der Waals surface area contributed by atoms with Crippen molar-refractivity contribution in [1.82, 2.24) is 15.6 Å². The summed E-state index contributed by atoms with van der Waals surface area (Å²) in [7, 11) is 0. The lowest BCUT2D eigenvalue weighted by atomic mass is 10.2. The Labute approximate surface area is 105 Å². The van der Waals surface area contributed by atoms with Gasteiger partial charge in [0.2, 0.25) is 11.9 Å². The number of carbonyl (C=O) groups excluding carboxylic acids is 2. The zero-order valence-corrected chi connectivity index (χ0v) is 10.4. The average molecular weight is 253 g/mol. The minimum absolute atomic E-state index is 0.214. The molecular weight excluding hydrogens is 237 g/mol. The maximum atomic E-state index is 12.6. The molecule has 1 aromatic heterocycles. The zero-order chi connectivity index (χ0) is 13.5. The van der Waals surface area contributed by atoms with Gasteiger partial charge in [-0.05, 0) is 25.5 Å². The highest BCUT2D eigenvalue weighted by Gasteiger charge is 2.16. The summed E-state index contributed by atoms with van der Waals surface area (Å²) in [4.78, 5) is 26.6. The van der Waals surface area contributed by atoms with E-state index in [9.17, 15) is 14.0 Å². The fraction of sp³-hybridized carbons (Fsp3) is 0.417. The Morgan fingerprint density at radius 1 is 1.44 bits per heavy atom. The number of carbonyl (C=O) groups is 2. The number of halogens is 1. The van der Waals surface area contributed by atoms with Crippen LogP contribution in [0.1, 0.15) is 30.6 Å². The van der Waals surface area contributed by atoms with Gasteiger partial charge in [-0.25, -0.2) is 4.98 Å². The van der Waals surface area contributed by atoms with Crippen molar-refractivity contribution in [2.75, 3.05) is 6.54 Å². The molecule has 1 atom stereocenters. The molecule has 0 aliphatic carbocycles. The number of hydrogen-bond acceptors (Lipinski definition) is 3. The molecule has 1 heterocycles. The summed E-state index contributed by atoms with van der Waals surface area (Å²) < 4.78 is 12.6. The number of hydrogen-bond donors (Lipinski definition) is 2. The first kappa shape index (κ1) is 14.1. The van der Waals surface area contributed by atoms with Crippen LogP contribution in [0.15, 0.2) is 18.3 Å². The van der Waals surface area contributed by atoms with Crippen LogP contribution in [-0.2, 0) is 4.79 Å². The molecule has 0 spiro atoms. The molecule has 18 heavy (non-hydrogen) atoms. The molecule has 2 N–H and O–H groups in total. The lowest BCUT2D eigenvalue weighted by Crippen LogP contribution is -2.45. The first-order valence-corrected chi connectivity index (χ1v) is 5.74.